The van der Waals surface area contributed by atoms with E-state index in [1.165, 1.54) is 0 Å². The molecule has 186 valence electrons. The van der Waals surface area contributed by atoms with E-state index >= 15 is 0 Å². The second-order valence-corrected chi connectivity index (χ2v) is 9.46. The fraction of sp³-hybridized carbons (Fsp3) is 0.423. The zero-order chi connectivity index (χ0) is 25.3. The lowest BCUT2D eigenvalue weighted by atomic mass is 9.98. The molecule has 1 saturated heterocycles. The molecule has 0 aromatic heterocycles. The van der Waals surface area contributed by atoms with Gasteiger partial charge in [-0.15, -0.1) is 0 Å². The minimum absolute atomic E-state index is 0.0953. The summed E-state index contributed by atoms with van der Waals surface area (Å²) in [5, 5.41) is 11.9. The summed E-state index contributed by atoms with van der Waals surface area (Å²) in [4.78, 5) is 37.4. The molecule has 1 aliphatic heterocycles. The Morgan fingerprint density at radius 1 is 1.09 bits per heavy atom. The lowest BCUT2D eigenvalue weighted by molar-refractivity contribution is -0.148. The number of alkyl halides is 2. The lowest BCUT2D eigenvalue weighted by Crippen LogP contribution is -2.46. The number of halogens is 2. The number of hydrogen-bond acceptors (Lipinski definition) is 4. The molecule has 0 radical (unpaired) electrons. The van der Waals surface area contributed by atoms with Gasteiger partial charge in [0.15, 0.2) is 0 Å². The van der Waals surface area contributed by atoms with Crippen LogP contribution in [0, 0.1) is 5.92 Å². The van der Waals surface area contributed by atoms with Crippen LogP contribution in [0.4, 0.5) is 13.6 Å². The molecule has 35 heavy (non-hydrogen) atoms. The molecule has 1 aliphatic carbocycles. The van der Waals surface area contributed by atoms with Crippen molar-refractivity contribution in [1.82, 2.24) is 10.2 Å². The molecule has 2 N–H and O–H groups in total. The van der Waals surface area contributed by atoms with Gasteiger partial charge in [0.2, 0.25) is 5.91 Å². The number of fused-ring (bicyclic) bond motifs is 3. The number of nitrogens with one attached hydrogen (secondary N) is 1. The number of rotatable bonds is 7. The Kier molecular flexibility index (Phi) is 6.78. The van der Waals surface area contributed by atoms with Crippen molar-refractivity contribution in [3.63, 3.8) is 0 Å². The van der Waals surface area contributed by atoms with Crippen molar-refractivity contribution < 1.29 is 33.0 Å². The summed E-state index contributed by atoms with van der Waals surface area (Å²) in [6.45, 7) is 2.69. The number of ether oxygens (including phenoxy) is 1. The molecular weight excluding hydrogens is 458 g/mol. The van der Waals surface area contributed by atoms with Gasteiger partial charge in [-0.2, -0.15) is 0 Å². The van der Waals surface area contributed by atoms with Gasteiger partial charge in [-0.1, -0.05) is 62.4 Å². The van der Waals surface area contributed by atoms with Crippen LogP contribution in [0.5, 0.6) is 0 Å². The Morgan fingerprint density at radius 2 is 1.66 bits per heavy atom. The number of carboxylic acids is 1. The molecule has 2 atom stereocenters. The number of carbonyl (C=O) groups excluding carboxylic acids is 2. The normalized spacial score (nSPS) is 19.2. The Morgan fingerprint density at radius 3 is 2.20 bits per heavy atom. The van der Waals surface area contributed by atoms with E-state index in [9.17, 15) is 28.3 Å². The van der Waals surface area contributed by atoms with Crippen molar-refractivity contribution in [2.24, 2.45) is 5.92 Å². The molecule has 2 aromatic carbocycles. The summed E-state index contributed by atoms with van der Waals surface area (Å²) in [6.07, 6.45) is -1.94. The largest absolute Gasteiger partial charge is 0.480 e. The average Bonchev–Trinajstić information content (AvgIpc) is 3.31. The van der Waals surface area contributed by atoms with Crippen LogP contribution in [0.15, 0.2) is 48.5 Å². The summed E-state index contributed by atoms with van der Waals surface area (Å²) in [5.41, 5.74) is 4.31. The highest BCUT2D eigenvalue weighted by Crippen LogP contribution is 2.44. The van der Waals surface area contributed by atoms with Crippen molar-refractivity contribution in [1.29, 1.82) is 0 Å². The maximum atomic E-state index is 13.8. The number of carboxylic acid groups (broad SMARTS) is 1. The van der Waals surface area contributed by atoms with Crippen molar-refractivity contribution in [2.45, 2.75) is 50.6 Å². The zero-order valence-electron chi connectivity index (χ0n) is 19.5. The number of carbonyl (C=O) groups is 3. The summed E-state index contributed by atoms with van der Waals surface area (Å²) in [7, 11) is 0. The highest BCUT2D eigenvalue weighted by Gasteiger charge is 2.50. The van der Waals surface area contributed by atoms with Crippen LogP contribution >= 0.6 is 0 Å². The first-order valence-corrected chi connectivity index (χ1v) is 11.6. The third-order valence-corrected chi connectivity index (χ3v) is 6.72. The summed E-state index contributed by atoms with van der Waals surface area (Å²) in [6, 6.07) is 13.6. The predicted octanol–water partition coefficient (Wildman–Crippen LogP) is 4.26. The van der Waals surface area contributed by atoms with E-state index in [2.05, 4.69) is 5.32 Å². The van der Waals surface area contributed by atoms with Gasteiger partial charge in [0.1, 0.15) is 12.6 Å². The predicted molar refractivity (Wildman–Crippen MR) is 124 cm³/mol. The minimum Gasteiger partial charge on any atom is -0.480 e. The van der Waals surface area contributed by atoms with Gasteiger partial charge < -0.3 is 20.1 Å². The Bertz CT molecular complexity index is 1090. The smallest absolute Gasteiger partial charge is 0.407 e. The number of aliphatic carboxylic acids is 1. The number of nitrogens with zero attached hydrogens (tertiary/aromatic N) is 1. The van der Waals surface area contributed by atoms with Crippen LogP contribution in [0.3, 0.4) is 0 Å². The van der Waals surface area contributed by atoms with Crippen molar-refractivity contribution >= 4 is 18.0 Å². The number of likely N-dealkylation sites (tertiary alicyclic amines) is 1. The number of amides is 2. The van der Waals surface area contributed by atoms with Gasteiger partial charge in [0, 0.05) is 24.8 Å². The number of alkyl carbamates (subject to hydrolysis) is 1. The molecule has 0 saturated carbocycles. The Balaban J connectivity index is 1.39. The standard InChI is InChI=1S/C26H28F2N2O5/c1-15(2)21(11-23(31)30-14-26(27,28)12-22(30)24(32)33)29-25(34)35-13-20-18-9-5-3-7-16(18)17-8-4-6-10-19(17)20/h3-10,15,20-22H,11-14H2,1-2H3,(H,29,34)(H,32,33). The highest BCUT2D eigenvalue weighted by molar-refractivity contribution is 5.85. The van der Waals surface area contributed by atoms with Gasteiger partial charge in [0.25, 0.3) is 5.92 Å². The lowest BCUT2D eigenvalue weighted by Gasteiger charge is -2.26. The Labute approximate surface area is 202 Å². The van der Waals surface area contributed by atoms with E-state index in [1.807, 2.05) is 48.5 Å². The van der Waals surface area contributed by atoms with Crippen molar-refractivity contribution in [3.05, 3.63) is 59.7 Å². The molecule has 1 fully saturated rings. The quantitative estimate of drug-likeness (QED) is 0.610. The number of hydrogen-bond donors (Lipinski definition) is 2. The molecule has 2 aliphatic rings. The van der Waals surface area contributed by atoms with Crippen molar-refractivity contribution in [3.8, 4) is 11.1 Å². The Hall–Kier alpha value is -3.49. The third kappa shape index (κ3) is 5.13. The van der Waals surface area contributed by atoms with Crippen LogP contribution < -0.4 is 5.32 Å². The maximum absolute atomic E-state index is 13.8. The SMILES string of the molecule is CC(C)C(CC(=O)N1CC(F)(F)CC1C(=O)O)NC(=O)OCC1c2ccccc2-c2ccccc21. The third-order valence-electron chi connectivity index (χ3n) is 6.72. The fourth-order valence-corrected chi connectivity index (χ4v) is 4.85. The molecular formula is C26H28F2N2O5. The molecule has 0 bridgehead atoms. The first-order chi connectivity index (χ1) is 16.6. The van der Waals surface area contributed by atoms with E-state index in [-0.39, 0.29) is 24.9 Å². The molecule has 1 heterocycles. The zero-order valence-corrected chi connectivity index (χ0v) is 19.5. The van der Waals surface area contributed by atoms with Crippen LogP contribution in [0.2, 0.25) is 0 Å². The van der Waals surface area contributed by atoms with Crippen LogP contribution in [0.1, 0.15) is 43.7 Å². The van der Waals surface area contributed by atoms with E-state index in [0.29, 0.717) is 4.90 Å². The number of benzene rings is 2. The first-order valence-electron chi connectivity index (χ1n) is 11.6. The van der Waals surface area contributed by atoms with E-state index < -0.39 is 48.9 Å². The molecule has 4 rings (SSSR count). The molecule has 2 aromatic rings. The minimum atomic E-state index is -3.26. The van der Waals surface area contributed by atoms with E-state index in [4.69, 9.17) is 4.74 Å². The second kappa shape index (κ2) is 9.64. The molecule has 9 heteroatoms. The summed E-state index contributed by atoms with van der Waals surface area (Å²) >= 11 is 0. The van der Waals surface area contributed by atoms with Crippen LogP contribution in [-0.4, -0.2) is 59.1 Å². The highest BCUT2D eigenvalue weighted by atomic mass is 19.3. The van der Waals surface area contributed by atoms with E-state index in [0.717, 1.165) is 22.3 Å². The topological polar surface area (TPSA) is 95.9 Å². The first kappa shape index (κ1) is 24.6. The van der Waals surface area contributed by atoms with Gasteiger partial charge in [-0.3, -0.25) is 4.79 Å². The summed E-state index contributed by atoms with van der Waals surface area (Å²) in [5.74, 6) is -5.82. The van der Waals surface area contributed by atoms with Gasteiger partial charge in [-0.05, 0) is 28.2 Å². The molecule has 7 nitrogen and oxygen atoms in total. The average molecular weight is 487 g/mol. The van der Waals surface area contributed by atoms with Crippen LogP contribution in [-0.2, 0) is 14.3 Å². The van der Waals surface area contributed by atoms with Gasteiger partial charge in [-0.25, -0.2) is 18.4 Å². The van der Waals surface area contributed by atoms with Gasteiger partial charge in [0.05, 0.1) is 6.54 Å². The molecule has 2 amide bonds. The van der Waals surface area contributed by atoms with Crippen LogP contribution in [0.25, 0.3) is 11.1 Å². The van der Waals surface area contributed by atoms with Crippen molar-refractivity contribution in [2.75, 3.05) is 13.2 Å². The van der Waals surface area contributed by atoms with E-state index in [1.54, 1.807) is 13.8 Å². The molecule has 2 unspecified atom stereocenters. The molecule has 0 spiro atoms. The van der Waals surface area contributed by atoms with Gasteiger partial charge >= 0.3 is 12.1 Å². The monoisotopic (exact) mass is 486 g/mol. The second-order valence-electron chi connectivity index (χ2n) is 9.46. The summed E-state index contributed by atoms with van der Waals surface area (Å²) < 4.78 is 33.1. The maximum Gasteiger partial charge on any atom is 0.407 e. The fourth-order valence-electron chi connectivity index (χ4n) is 4.85.